The zero-order valence-electron chi connectivity index (χ0n) is 18.9. The molecule has 2 saturated heterocycles. The predicted molar refractivity (Wildman–Crippen MR) is 116 cm³/mol. The van der Waals surface area contributed by atoms with E-state index < -0.39 is 26.0 Å². The van der Waals surface area contributed by atoms with Gasteiger partial charge in [-0.05, 0) is 37.5 Å². The minimum Gasteiger partial charge on any atom is -0.413 e. The van der Waals surface area contributed by atoms with Gasteiger partial charge in [0.2, 0.25) is 0 Å². The fourth-order valence-corrected chi connectivity index (χ4v) is 4.48. The summed E-state index contributed by atoms with van der Waals surface area (Å²) in [6.07, 6.45) is 0.576. The fourth-order valence-electron chi connectivity index (χ4n) is 3.46. The van der Waals surface area contributed by atoms with Gasteiger partial charge in [0.15, 0.2) is 20.4 Å². The lowest BCUT2D eigenvalue weighted by molar-refractivity contribution is -0.239. The molecule has 2 fully saturated rings. The van der Waals surface area contributed by atoms with Crippen molar-refractivity contribution in [3.63, 3.8) is 0 Å². The SMILES string of the molecule is C=C[C@@]1(CO[Si](C)(C)C(C)(C)C)O[C@@H]2OC(C)(C)O[C@@H]2[C@H]1OCc1ccccc1. The molecule has 1 aromatic rings. The molecular formula is C23H36O5Si. The third-order valence-corrected chi connectivity index (χ3v) is 10.8. The number of fused-ring (bicyclic) bond motifs is 1. The highest BCUT2D eigenvalue weighted by Crippen LogP contribution is 2.46. The van der Waals surface area contributed by atoms with Crippen molar-refractivity contribution in [3.8, 4) is 0 Å². The van der Waals surface area contributed by atoms with Crippen molar-refractivity contribution in [1.82, 2.24) is 0 Å². The van der Waals surface area contributed by atoms with Gasteiger partial charge >= 0.3 is 0 Å². The van der Waals surface area contributed by atoms with Crippen molar-refractivity contribution >= 4 is 8.32 Å². The normalized spacial score (nSPS) is 31.6. The molecule has 2 heterocycles. The second kappa shape index (κ2) is 7.91. The largest absolute Gasteiger partial charge is 0.413 e. The van der Waals surface area contributed by atoms with Gasteiger partial charge in [0.25, 0.3) is 0 Å². The first-order valence-corrected chi connectivity index (χ1v) is 13.3. The van der Waals surface area contributed by atoms with Gasteiger partial charge in [0.05, 0.1) is 13.2 Å². The minimum absolute atomic E-state index is 0.0964. The molecule has 1 aromatic carbocycles. The number of hydrogen-bond donors (Lipinski definition) is 0. The summed E-state index contributed by atoms with van der Waals surface area (Å²) in [5.41, 5.74) is 0.272. The van der Waals surface area contributed by atoms with Crippen molar-refractivity contribution < 1.29 is 23.4 Å². The first kappa shape index (κ1) is 22.7. The summed E-state index contributed by atoms with van der Waals surface area (Å²) >= 11 is 0. The molecule has 29 heavy (non-hydrogen) atoms. The Labute approximate surface area is 176 Å². The molecule has 0 aromatic heterocycles. The van der Waals surface area contributed by atoms with Crippen LogP contribution in [-0.2, 0) is 30.0 Å². The molecule has 0 aliphatic carbocycles. The Kier molecular flexibility index (Phi) is 6.18. The third-order valence-electron chi connectivity index (χ3n) is 6.29. The van der Waals surface area contributed by atoms with Crippen LogP contribution in [0.15, 0.2) is 43.0 Å². The molecule has 5 nitrogen and oxygen atoms in total. The van der Waals surface area contributed by atoms with E-state index in [9.17, 15) is 0 Å². The smallest absolute Gasteiger partial charge is 0.192 e. The molecule has 4 atom stereocenters. The summed E-state index contributed by atoms with van der Waals surface area (Å²) in [5, 5.41) is 0.0964. The van der Waals surface area contributed by atoms with Gasteiger partial charge in [-0.2, -0.15) is 0 Å². The molecule has 0 bridgehead atoms. The van der Waals surface area contributed by atoms with Gasteiger partial charge in [0, 0.05) is 0 Å². The Morgan fingerprint density at radius 3 is 2.34 bits per heavy atom. The van der Waals surface area contributed by atoms with Gasteiger partial charge in [-0.25, -0.2) is 0 Å². The Morgan fingerprint density at radius 1 is 1.10 bits per heavy atom. The topological polar surface area (TPSA) is 46.2 Å². The van der Waals surface area contributed by atoms with E-state index in [1.54, 1.807) is 6.08 Å². The summed E-state index contributed by atoms with van der Waals surface area (Å²) in [5.74, 6) is -0.711. The molecule has 3 rings (SSSR count). The van der Waals surface area contributed by atoms with Crippen LogP contribution in [0.25, 0.3) is 0 Å². The standard InChI is InChI=1S/C23H36O5Si/c1-9-23(16-25-29(7,8)21(2,3)4)19(24-15-17-13-11-10-12-14-17)18-20(28-23)27-22(5,6)26-18/h9-14,18-20H,1,15-16H2,2-8H3/t18-,19-,20+,23+/m1/s1. The van der Waals surface area contributed by atoms with E-state index in [1.165, 1.54) is 0 Å². The quantitative estimate of drug-likeness (QED) is 0.457. The van der Waals surface area contributed by atoms with Crippen molar-refractivity contribution in [2.45, 2.75) is 89.2 Å². The lowest BCUT2D eigenvalue weighted by Crippen LogP contribution is -2.52. The highest BCUT2D eigenvalue weighted by molar-refractivity contribution is 6.74. The number of hydrogen-bond acceptors (Lipinski definition) is 5. The maximum absolute atomic E-state index is 6.52. The summed E-state index contributed by atoms with van der Waals surface area (Å²) < 4.78 is 31.4. The van der Waals surface area contributed by atoms with Crippen molar-refractivity contribution in [2.24, 2.45) is 0 Å². The second-order valence-corrected chi connectivity index (χ2v) is 14.8. The van der Waals surface area contributed by atoms with Gasteiger partial charge < -0.3 is 23.4 Å². The zero-order chi connectivity index (χ0) is 21.5. The highest BCUT2D eigenvalue weighted by Gasteiger charge is 2.62. The van der Waals surface area contributed by atoms with Crippen LogP contribution >= 0.6 is 0 Å². The highest BCUT2D eigenvalue weighted by atomic mass is 28.4. The van der Waals surface area contributed by atoms with Crippen molar-refractivity contribution in [1.29, 1.82) is 0 Å². The average molecular weight is 421 g/mol. The van der Waals surface area contributed by atoms with Crippen LogP contribution in [-0.4, -0.2) is 44.8 Å². The Hall–Kier alpha value is -1.02. The maximum Gasteiger partial charge on any atom is 0.192 e. The summed E-state index contributed by atoms with van der Waals surface area (Å²) in [6, 6.07) is 10.1. The van der Waals surface area contributed by atoms with Crippen LogP contribution in [0.4, 0.5) is 0 Å². The number of ether oxygens (including phenoxy) is 4. The number of benzene rings is 1. The second-order valence-electron chi connectivity index (χ2n) is 10.0. The summed E-state index contributed by atoms with van der Waals surface area (Å²) in [7, 11) is -1.98. The summed E-state index contributed by atoms with van der Waals surface area (Å²) in [6.45, 7) is 19.8. The molecule has 2 aliphatic rings. The van der Waals surface area contributed by atoms with Gasteiger partial charge in [0.1, 0.15) is 17.8 Å². The molecule has 6 heteroatoms. The lowest BCUT2D eigenvalue weighted by Gasteiger charge is -2.41. The molecule has 0 unspecified atom stereocenters. The lowest BCUT2D eigenvalue weighted by atomic mass is 9.96. The van der Waals surface area contributed by atoms with Crippen LogP contribution in [0.2, 0.25) is 18.1 Å². The van der Waals surface area contributed by atoms with Gasteiger partial charge in [-0.1, -0.05) is 57.2 Å². The van der Waals surface area contributed by atoms with E-state index >= 15 is 0 Å². The molecule has 0 spiro atoms. The van der Waals surface area contributed by atoms with E-state index in [0.717, 1.165) is 5.56 Å². The van der Waals surface area contributed by atoms with E-state index in [-0.39, 0.29) is 17.2 Å². The summed E-state index contributed by atoms with van der Waals surface area (Å²) in [4.78, 5) is 0. The van der Waals surface area contributed by atoms with E-state index in [4.69, 9.17) is 23.4 Å². The predicted octanol–water partition coefficient (Wildman–Crippen LogP) is 5.03. The Bertz CT molecular complexity index is 712. The average Bonchev–Trinajstić information content (AvgIpc) is 3.07. The molecule has 0 N–H and O–H groups in total. The van der Waals surface area contributed by atoms with E-state index in [1.807, 2.05) is 44.2 Å². The Morgan fingerprint density at radius 2 is 1.76 bits per heavy atom. The molecule has 2 aliphatic heterocycles. The molecule has 0 saturated carbocycles. The minimum atomic E-state index is -1.98. The molecular weight excluding hydrogens is 384 g/mol. The first-order chi connectivity index (χ1) is 13.4. The molecule has 162 valence electrons. The zero-order valence-corrected chi connectivity index (χ0v) is 19.9. The van der Waals surface area contributed by atoms with Crippen LogP contribution in [0.5, 0.6) is 0 Å². The van der Waals surface area contributed by atoms with Crippen LogP contribution in [0.3, 0.4) is 0 Å². The number of rotatable bonds is 7. The van der Waals surface area contributed by atoms with Crippen LogP contribution in [0, 0.1) is 0 Å². The Balaban J connectivity index is 1.82. The molecule has 0 amide bonds. The van der Waals surface area contributed by atoms with Crippen LogP contribution < -0.4 is 0 Å². The van der Waals surface area contributed by atoms with Gasteiger partial charge in [-0.3, -0.25) is 0 Å². The van der Waals surface area contributed by atoms with E-state index in [2.05, 4.69) is 40.4 Å². The van der Waals surface area contributed by atoms with Crippen LogP contribution in [0.1, 0.15) is 40.2 Å². The maximum atomic E-state index is 6.52. The van der Waals surface area contributed by atoms with Crippen molar-refractivity contribution in [2.75, 3.05) is 6.61 Å². The van der Waals surface area contributed by atoms with Gasteiger partial charge in [-0.15, -0.1) is 6.58 Å². The molecule has 0 radical (unpaired) electrons. The first-order valence-electron chi connectivity index (χ1n) is 10.4. The monoisotopic (exact) mass is 420 g/mol. The third kappa shape index (κ3) is 4.68. The van der Waals surface area contributed by atoms with Crippen molar-refractivity contribution in [3.05, 3.63) is 48.6 Å². The van der Waals surface area contributed by atoms with E-state index in [0.29, 0.717) is 13.2 Å². The fraction of sp³-hybridized carbons (Fsp3) is 0.652.